The Bertz CT molecular complexity index is 1070. The van der Waals surface area contributed by atoms with Crippen LogP contribution >= 0.6 is 0 Å². The molecule has 0 aromatic rings. The van der Waals surface area contributed by atoms with Gasteiger partial charge in [0, 0.05) is 19.3 Å². The number of rotatable bonds is 43. The predicted octanol–water partition coefficient (Wildman–Crippen LogP) is 15.7. The van der Waals surface area contributed by atoms with Gasteiger partial charge in [0.05, 0.1) is 0 Å². The molecule has 0 amide bonds. The molecule has 1 unspecified atom stereocenters. The number of hydrogen-bond acceptors (Lipinski definition) is 6. The summed E-state index contributed by atoms with van der Waals surface area (Å²) in [4.78, 5) is 37.4. The van der Waals surface area contributed by atoms with E-state index in [1.165, 1.54) is 96.3 Å². The lowest BCUT2D eigenvalue weighted by Gasteiger charge is -2.18. The summed E-state index contributed by atoms with van der Waals surface area (Å²) in [7, 11) is 0. The lowest BCUT2D eigenvalue weighted by atomic mass is 10.0. The smallest absolute Gasteiger partial charge is 0.306 e. The Morgan fingerprint density at radius 3 is 1.05 bits per heavy atom. The molecule has 0 bridgehead atoms. The van der Waals surface area contributed by atoms with Gasteiger partial charge in [0.15, 0.2) is 6.10 Å². The van der Waals surface area contributed by atoms with Crippen molar-refractivity contribution >= 4 is 17.9 Å². The largest absolute Gasteiger partial charge is 0.462 e. The highest BCUT2D eigenvalue weighted by Crippen LogP contribution is 2.14. The van der Waals surface area contributed by atoms with E-state index >= 15 is 0 Å². The highest BCUT2D eigenvalue weighted by Gasteiger charge is 2.19. The van der Waals surface area contributed by atoms with E-state index in [9.17, 15) is 14.4 Å². The van der Waals surface area contributed by atoms with Crippen LogP contribution in [0.2, 0.25) is 0 Å². The Morgan fingerprint density at radius 2 is 0.672 bits per heavy atom. The third-order valence-corrected chi connectivity index (χ3v) is 10.3. The molecule has 0 aromatic heterocycles. The van der Waals surface area contributed by atoms with Crippen molar-refractivity contribution in [2.45, 2.75) is 239 Å². The number of unbranched alkanes of at least 4 members (excludes halogenated alkanes) is 22. The predicted molar refractivity (Wildman–Crippen MR) is 247 cm³/mol. The summed E-state index contributed by atoms with van der Waals surface area (Å²) < 4.78 is 16.6. The molecule has 0 saturated carbocycles. The molecule has 0 radical (unpaired) electrons. The first kappa shape index (κ1) is 55.1. The molecule has 0 fully saturated rings. The number of ether oxygens (including phenoxy) is 3. The van der Waals surface area contributed by atoms with Crippen molar-refractivity contribution in [2.24, 2.45) is 0 Å². The van der Waals surface area contributed by atoms with E-state index in [-0.39, 0.29) is 31.1 Å². The van der Waals surface area contributed by atoms with Crippen molar-refractivity contribution in [3.8, 4) is 0 Å². The fourth-order valence-electron chi connectivity index (χ4n) is 6.64. The molecule has 0 N–H and O–H groups in total. The van der Waals surface area contributed by atoms with Crippen LogP contribution in [0.25, 0.3) is 0 Å². The van der Waals surface area contributed by atoms with Gasteiger partial charge in [-0.05, 0) is 64.2 Å². The molecule has 6 nitrogen and oxygen atoms in total. The lowest BCUT2D eigenvalue weighted by molar-refractivity contribution is -0.167. The second-order valence-corrected chi connectivity index (χ2v) is 16.0. The molecule has 6 heteroatoms. The SMILES string of the molecule is CC/C=C\C/C=C\C/C=C\C/C=C\C/C=C\CCCCCCCCCCCCCC(=O)OCC(COC(=O)CCCCCCC)OC(=O)CCCCCCCCCC. The third-order valence-electron chi connectivity index (χ3n) is 10.3. The summed E-state index contributed by atoms with van der Waals surface area (Å²) in [5.74, 6) is -0.896. The van der Waals surface area contributed by atoms with Crippen LogP contribution in [0.4, 0.5) is 0 Å². The molecule has 0 aromatic carbocycles. The van der Waals surface area contributed by atoms with Gasteiger partial charge >= 0.3 is 17.9 Å². The molecule has 0 rings (SSSR count). The Kier molecular flexibility index (Phi) is 44.5. The molecule has 0 aliphatic carbocycles. The Labute approximate surface area is 358 Å². The van der Waals surface area contributed by atoms with Crippen LogP contribution in [0, 0.1) is 0 Å². The first-order chi connectivity index (χ1) is 28.5. The highest BCUT2D eigenvalue weighted by atomic mass is 16.6. The van der Waals surface area contributed by atoms with E-state index in [4.69, 9.17) is 14.2 Å². The first-order valence-corrected chi connectivity index (χ1v) is 24.3. The second kappa shape index (κ2) is 46.8. The second-order valence-electron chi connectivity index (χ2n) is 16.0. The van der Waals surface area contributed by atoms with Gasteiger partial charge in [-0.25, -0.2) is 0 Å². The summed E-state index contributed by atoms with van der Waals surface area (Å²) in [5, 5.41) is 0. The van der Waals surface area contributed by atoms with Gasteiger partial charge < -0.3 is 14.2 Å². The standard InChI is InChI=1S/C52H90O6/c1-4-7-10-13-15-17-18-19-20-21-22-23-24-25-26-27-28-29-30-31-32-33-34-35-37-39-42-45-51(54)57-48-49(47-56-50(53)44-41-38-12-9-6-3)58-52(55)46-43-40-36-16-14-11-8-5-2/h7,10,15,17,19-20,22-23,25-26,49H,4-6,8-9,11-14,16,18,21,24,27-48H2,1-3H3/b10-7-,17-15-,20-19-,23-22-,26-25-. The average molecular weight is 811 g/mol. The van der Waals surface area contributed by atoms with Crippen LogP contribution in [-0.4, -0.2) is 37.2 Å². The van der Waals surface area contributed by atoms with Gasteiger partial charge in [-0.3, -0.25) is 14.4 Å². The first-order valence-electron chi connectivity index (χ1n) is 24.3. The zero-order chi connectivity index (χ0) is 42.3. The molecular weight excluding hydrogens is 721 g/mol. The van der Waals surface area contributed by atoms with Crippen molar-refractivity contribution in [2.75, 3.05) is 13.2 Å². The maximum Gasteiger partial charge on any atom is 0.306 e. The van der Waals surface area contributed by atoms with Crippen LogP contribution in [0.5, 0.6) is 0 Å². The maximum absolute atomic E-state index is 12.6. The molecule has 58 heavy (non-hydrogen) atoms. The summed E-state index contributed by atoms with van der Waals surface area (Å²) in [6.45, 7) is 6.40. The van der Waals surface area contributed by atoms with E-state index in [0.29, 0.717) is 19.3 Å². The average Bonchev–Trinajstić information content (AvgIpc) is 3.22. The fraction of sp³-hybridized carbons (Fsp3) is 0.750. The molecular formula is C52H90O6. The van der Waals surface area contributed by atoms with E-state index < -0.39 is 6.10 Å². The number of esters is 3. The summed E-state index contributed by atoms with van der Waals surface area (Å²) in [5.41, 5.74) is 0. The van der Waals surface area contributed by atoms with E-state index in [0.717, 1.165) is 96.3 Å². The minimum atomic E-state index is -0.765. The van der Waals surface area contributed by atoms with Crippen LogP contribution in [0.1, 0.15) is 233 Å². The molecule has 334 valence electrons. The summed E-state index contributed by atoms with van der Waals surface area (Å²) in [6.07, 6.45) is 56.9. The summed E-state index contributed by atoms with van der Waals surface area (Å²) in [6, 6.07) is 0. The summed E-state index contributed by atoms with van der Waals surface area (Å²) >= 11 is 0. The molecule has 0 heterocycles. The van der Waals surface area contributed by atoms with E-state index in [2.05, 4.69) is 81.5 Å². The fourth-order valence-corrected chi connectivity index (χ4v) is 6.64. The van der Waals surface area contributed by atoms with Crippen LogP contribution in [-0.2, 0) is 28.6 Å². The lowest BCUT2D eigenvalue weighted by Crippen LogP contribution is -2.30. The Morgan fingerprint density at radius 1 is 0.362 bits per heavy atom. The topological polar surface area (TPSA) is 78.9 Å². The van der Waals surface area contributed by atoms with Gasteiger partial charge in [-0.2, -0.15) is 0 Å². The Balaban J connectivity index is 3.99. The van der Waals surface area contributed by atoms with Crippen molar-refractivity contribution in [1.29, 1.82) is 0 Å². The van der Waals surface area contributed by atoms with Gasteiger partial charge in [-0.15, -0.1) is 0 Å². The number of hydrogen-bond donors (Lipinski definition) is 0. The zero-order valence-electron chi connectivity index (χ0n) is 38.0. The van der Waals surface area contributed by atoms with Crippen LogP contribution in [0.3, 0.4) is 0 Å². The normalized spacial score (nSPS) is 12.5. The Hall–Kier alpha value is -2.89. The maximum atomic E-state index is 12.6. The van der Waals surface area contributed by atoms with Gasteiger partial charge in [-0.1, -0.05) is 210 Å². The van der Waals surface area contributed by atoms with E-state index in [1.54, 1.807) is 0 Å². The molecule has 0 aliphatic rings. The van der Waals surface area contributed by atoms with E-state index in [1.807, 2.05) is 0 Å². The monoisotopic (exact) mass is 811 g/mol. The number of carbonyl (C=O) groups is 3. The third kappa shape index (κ3) is 44.2. The number of carbonyl (C=O) groups excluding carboxylic acids is 3. The van der Waals surface area contributed by atoms with Crippen molar-refractivity contribution in [1.82, 2.24) is 0 Å². The molecule has 1 atom stereocenters. The highest BCUT2D eigenvalue weighted by molar-refractivity contribution is 5.71. The minimum Gasteiger partial charge on any atom is -0.462 e. The van der Waals surface area contributed by atoms with Crippen LogP contribution in [0.15, 0.2) is 60.8 Å². The molecule has 0 spiro atoms. The molecule has 0 saturated heterocycles. The molecule has 0 aliphatic heterocycles. The number of allylic oxidation sites excluding steroid dienone is 10. The van der Waals surface area contributed by atoms with Crippen molar-refractivity contribution < 1.29 is 28.6 Å². The van der Waals surface area contributed by atoms with Gasteiger partial charge in [0.25, 0.3) is 0 Å². The minimum absolute atomic E-state index is 0.0741. The van der Waals surface area contributed by atoms with Crippen molar-refractivity contribution in [3.63, 3.8) is 0 Å². The van der Waals surface area contributed by atoms with Gasteiger partial charge in [0.1, 0.15) is 13.2 Å². The van der Waals surface area contributed by atoms with Gasteiger partial charge in [0.2, 0.25) is 0 Å². The van der Waals surface area contributed by atoms with Crippen LogP contribution < -0.4 is 0 Å². The zero-order valence-corrected chi connectivity index (χ0v) is 38.0. The van der Waals surface area contributed by atoms with Crippen molar-refractivity contribution in [3.05, 3.63) is 60.8 Å². The quantitative estimate of drug-likeness (QED) is 0.0264.